The molecule has 0 radical (unpaired) electrons. The van der Waals surface area contributed by atoms with Gasteiger partial charge in [0.1, 0.15) is 24.4 Å². The van der Waals surface area contributed by atoms with Crippen LogP contribution in [0.5, 0.6) is 0 Å². The number of fused-ring (bicyclic) bond motifs is 1. The van der Waals surface area contributed by atoms with Crippen molar-refractivity contribution < 1.29 is 43.1 Å². The van der Waals surface area contributed by atoms with Crippen molar-refractivity contribution in [3.05, 3.63) is 53.3 Å². The van der Waals surface area contributed by atoms with Crippen molar-refractivity contribution in [3.8, 4) is 0 Å². The lowest BCUT2D eigenvalue weighted by molar-refractivity contribution is -0.245. The molecule has 2 aromatic rings. The van der Waals surface area contributed by atoms with Crippen LogP contribution in [0, 0.1) is 0 Å². The van der Waals surface area contributed by atoms with Gasteiger partial charge in [-0.25, -0.2) is 0 Å². The van der Waals surface area contributed by atoms with E-state index in [0.717, 1.165) is 0 Å². The van der Waals surface area contributed by atoms with Crippen LogP contribution < -0.4 is 5.32 Å². The first-order chi connectivity index (χ1) is 15.1. The standard InChI is InChI=1S/C21H21F3N2O6/c22-21(23,24)16-11-4-3-10(26-17-19(30)18(29)14(8-27)32-20(17)31)6-9(11)7-13(28)15(16)12-2-1-5-25-12/h1-6,14,17-20,25-27,29-31H,7-8H2/t14?,17?,18-,19-,20-/m0/s1. The second kappa shape index (κ2) is 8.34. The molecule has 11 heteroatoms. The van der Waals surface area contributed by atoms with Crippen molar-refractivity contribution in [1.29, 1.82) is 0 Å². The Hall–Kier alpha value is -2.70. The minimum atomic E-state index is -4.78. The van der Waals surface area contributed by atoms with E-state index in [-0.39, 0.29) is 28.9 Å². The summed E-state index contributed by atoms with van der Waals surface area (Å²) in [5.74, 6) is -0.702. The van der Waals surface area contributed by atoms with Crippen molar-refractivity contribution >= 4 is 22.6 Å². The zero-order chi connectivity index (χ0) is 23.2. The number of carbonyl (C=O) groups is 1. The molecule has 1 saturated heterocycles. The lowest BCUT2D eigenvalue weighted by atomic mass is 9.82. The van der Waals surface area contributed by atoms with Crippen LogP contribution in [0.15, 0.2) is 36.5 Å². The molecular weight excluding hydrogens is 433 g/mol. The summed E-state index contributed by atoms with van der Waals surface area (Å²) in [6.45, 7) is -0.626. The van der Waals surface area contributed by atoms with Crippen molar-refractivity contribution in [3.63, 3.8) is 0 Å². The normalized spacial score (nSPS) is 28.6. The summed E-state index contributed by atoms with van der Waals surface area (Å²) in [6, 6.07) is 5.54. The van der Waals surface area contributed by atoms with Crippen molar-refractivity contribution in [2.45, 2.75) is 43.2 Å². The van der Waals surface area contributed by atoms with Crippen LogP contribution in [-0.4, -0.2) is 74.6 Å². The third-order valence-corrected chi connectivity index (χ3v) is 5.64. The summed E-state index contributed by atoms with van der Waals surface area (Å²) in [6.07, 6.45) is -9.45. The molecule has 1 aliphatic carbocycles. The number of aliphatic hydroxyl groups is 4. The number of halogens is 3. The molecule has 0 spiro atoms. The number of anilines is 1. The fourth-order valence-electron chi connectivity index (χ4n) is 4.12. The van der Waals surface area contributed by atoms with Gasteiger partial charge in [0.2, 0.25) is 0 Å². The highest BCUT2D eigenvalue weighted by atomic mass is 19.4. The number of alkyl halides is 3. The summed E-state index contributed by atoms with van der Waals surface area (Å²) in [7, 11) is 0. The van der Waals surface area contributed by atoms with Gasteiger partial charge in [-0.15, -0.1) is 0 Å². The molecule has 2 aliphatic rings. The topological polar surface area (TPSA) is 135 Å². The highest BCUT2D eigenvalue weighted by Crippen LogP contribution is 2.44. The number of aliphatic hydroxyl groups excluding tert-OH is 4. The molecule has 0 amide bonds. The number of hydrogen-bond acceptors (Lipinski definition) is 7. The molecule has 4 rings (SSSR count). The molecule has 5 atom stereocenters. The maximum atomic E-state index is 14.0. The Morgan fingerprint density at radius 2 is 1.91 bits per heavy atom. The van der Waals surface area contributed by atoms with E-state index < -0.39 is 60.4 Å². The molecule has 1 fully saturated rings. The van der Waals surface area contributed by atoms with E-state index in [1.165, 1.54) is 36.5 Å². The third kappa shape index (κ3) is 3.93. The van der Waals surface area contributed by atoms with E-state index >= 15 is 0 Å². The summed E-state index contributed by atoms with van der Waals surface area (Å²) >= 11 is 0. The van der Waals surface area contributed by atoms with Crippen LogP contribution in [0.25, 0.3) is 11.1 Å². The zero-order valence-corrected chi connectivity index (χ0v) is 16.5. The monoisotopic (exact) mass is 454 g/mol. The summed E-state index contributed by atoms with van der Waals surface area (Å²) in [4.78, 5) is 15.3. The fraction of sp³-hybridized carbons (Fsp3) is 0.381. The van der Waals surface area contributed by atoms with Crippen LogP contribution in [0.4, 0.5) is 18.9 Å². The van der Waals surface area contributed by atoms with E-state index in [4.69, 9.17) is 9.84 Å². The minimum Gasteiger partial charge on any atom is -0.394 e. The number of ether oxygens (including phenoxy) is 1. The molecule has 2 unspecified atom stereocenters. The van der Waals surface area contributed by atoms with E-state index in [9.17, 15) is 33.3 Å². The first-order valence-corrected chi connectivity index (χ1v) is 9.80. The minimum absolute atomic E-state index is 0.0770. The number of carbonyl (C=O) groups excluding carboxylic acids is 1. The highest BCUT2D eigenvalue weighted by molar-refractivity contribution is 6.30. The summed E-state index contributed by atoms with van der Waals surface area (Å²) in [5, 5.41) is 42.3. The first kappa shape index (κ1) is 22.5. The van der Waals surface area contributed by atoms with Gasteiger partial charge < -0.3 is 35.5 Å². The zero-order valence-electron chi connectivity index (χ0n) is 16.5. The Labute approximate surface area is 180 Å². The van der Waals surface area contributed by atoms with Gasteiger partial charge in [0.05, 0.1) is 17.8 Å². The van der Waals surface area contributed by atoms with Gasteiger partial charge in [0.25, 0.3) is 0 Å². The summed E-state index contributed by atoms with van der Waals surface area (Å²) < 4.78 is 46.9. The maximum absolute atomic E-state index is 14.0. The quantitative estimate of drug-likeness (QED) is 0.403. The van der Waals surface area contributed by atoms with Crippen molar-refractivity contribution in [2.24, 2.45) is 0 Å². The van der Waals surface area contributed by atoms with Gasteiger partial charge in [0.15, 0.2) is 12.1 Å². The third-order valence-electron chi connectivity index (χ3n) is 5.64. The van der Waals surface area contributed by atoms with Gasteiger partial charge in [-0.05, 0) is 35.4 Å². The first-order valence-electron chi connectivity index (χ1n) is 9.80. The van der Waals surface area contributed by atoms with E-state index in [0.29, 0.717) is 0 Å². The van der Waals surface area contributed by atoms with E-state index in [2.05, 4.69) is 10.3 Å². The molecule has 1 aromatic heterocycles. The lowest BCUT2D eigenvalue weighted by Crippen LogP contribution is -2.61. The van der Waals surface area contributed by atoms with Crippen molar-refractivity contribution in [1.82, 2.24) is 4.98 Å². The molecule has 172 valence electrons. The number of aromatic amines is 1. The number of Topliss-reactive ketones (excluding diaryl/α,β-unsaturated/α-hetero) is 1. The number of nitrogens with one attached hydrogen (secondary N) is 2. The lowest BCUT2D eigenvalue weighted by Gasteiger charge is -2.40. The summed E-state index contributed by atoms with van der Waals surface area (Å²) in [5.41, 5.74) is -1.21. The predicted octanol–water partition coefficient (Wildman–Crippen LogP) is 0.825. The molecule has 6 N–H and O–H groups in total. The van der Waals surface area contributed by atoms with Gasteiger partial charge >= 0.3 is 6.18 Å². The number of ketones is 1. The van der Waals surface area contributed by atoms with Crippen LogP contribution in [-0.2, 0) is 16.0 Å². The van der Waals surface area contributed by atoms with E-state index in [1.54, 1.807) is 0 Å². The maximum Gasteiger partial charge on any atom is 0.417 e. The van der Waals surface area contributed by atoms with Gasteiger partial charge in [-0.1, -0.05) is 6.07 Å². The largest absolute Gasteiger partial charge is 0.417 e. The molecular formula is C21H21F3N2O6. The second-order valence-electron chi connectivity index (χ2n) is 7.70. The van der Waals surface area contributed by atoms with Gasteiger partial charge in [0, 0.05) is 24.0 Å². The Balaban J connectivity index is 1.69. The number of hydrogen-bond donors (Lipinski definition) is 6. The molecule has 1 aliphatic heterocycles. The number of rotatable bonds is 4. The highest BCUT2D eigenvalue weighted by Gasteiger charge is 2.45. The molecule has 32 heavy (non-hydrogen) atoms. The van der Waals surface area contributed by atoms with E-state index in [1.807, 2.05) is 0 Å². The van der Waals surface area contributed by atoms with Crippen LogP contribution >= 0.6 is 0 Å². The Morgan fingerprint density at radius 3 is 2.53 bits per heavy atom. The SMILES string of the molecule is O=C1Cc2cc(NC3[C@@H](O)OC(CO)[C@H](O)[C@H]3O)ccc2C(C(F)(F)F)=C1c1ccc[nH]1. The Morgan fingerprint density at radius 1 is 1.16 bits per heavy atom. The average Bonchev–Trinajstić information content (AvgIpc) is 3.26. The average molecular weight is 454 g/mol. The number of aromatic nitrogens is 1. The fourth-order valence-corrected chi connectivity index (χ4v) is 4.12. The molecule has 2 heterocycles. The van der Waals surface area contributed by atoms with Crippen LogP contribution in [0.2, 0.25) is 0 Å². The predicted molar refractivity (Wildman–Crippen MR) is 106 cm³/mol. The number of H-pyrrole nitrogens is 1. The van der Waals surface area contributed by atoms with Gasteiger partial charge in [-0.2, -0.15) is 13.2 Å². The molecule has 0 bridgehead atoms. The Bertz CT molecular complexity index is 1040. The van der Waals surface area contributed by atoms with Crippen molar-refractivity contribution in [2.75, 3.05) is 11.9 Å². The molecule has 8 nitrogen and oxygen atoms in total. The molecule has 0 saturated carbocycles. The second-order valence-corrected chi connectivity index (χ2v) is 7.70. The Kier molecular flexibility index (Phi) is 5.86. The smallest absolute Gasteiger partial charge is 0.394 e. The van der Waals surface area contributed by atoms with Crippen LogP contribution in [0.3, 0.4) is 0 Å². The molecule has 1 aromatic carbocycles. The van der Waals surface area contributed by atoms with Gasteiger partial charge in [-0.3, -0.25) is 4.79 Å². The number of allylic oxidation sites excluding steroid dienone is 2. The van der Waals surface area contributed by atoms with Crippen LogP contribution in [0.1, 0.15) is 16.8 Å². The number of benzene rings is 1.